The molecule has 2 fully saturated rings. The maximum Gasteiger partial charge on any atom is 0.227 e. The Morgan fingerprint density at radius 1 is 0.923 bits per heavy atom. The molecule has 2 amide bonds. The van der Waals surface area contributed by atoms with Gasteiger partial charge < -0.3 is 16.4 Å². The summed E-state index contributed by atoms with van der Waals surface area (Å²) in [4.78, 5) is 24.4. The second-order valence-electron chi connectivity index (χ2n) is 7.59. The van der Waals surface area contributed by atoms with Gasteiger partial charge in [0.2, 0.25) is 11.8 Å². The summed E-state index contributed by atoms with van der Waals surface area (Å²) in [7, 11) is 0. The Bertz CT molecular complexity index is 600. The molecule has 3 rings (SSSR count). The number of hydrogen-bond acceptors (Lipinski definition) is 3. The summed E-state index contributed by atoms with van der Waals surface area (Å²) in [5.41, 5.74) is 7.41. The Morgan fingerprint density at radius 2 is 1.54 bits per heavy atom. The van der Waals surface area contributed by atoms with Crippen LogP contribution in [0.1, 0.15) is 57.8 Å². The molecule has 0 spiro atoms. The van der Waals surface area contributed by atoms with Gasteiger partial charge in [-0.2, -0.15) is 0 Å². The minimum Gasteiger partial charge on any atom is -0.328 e. The molecule has 4 N–H and O–H groups in total. The standard InChI is InChI=1S/C20H29N3O2.ClH/c21-16-7-6-15(13-16)20(25)23-18-10-8-17(9-11-18)22-19(24)12-14-4-2-1-3-5-14;/h8-11,14-16H,1-7,12-13,21H2,(H,22,24)(H,23,25);1H/t15-,16+;/m1./s1. The average Bonchev–Trinajstić information content (AvgIpc) is 3.04. The van der Waals surface area contributed by atoms with Gasteiger partial charge in [-0.3, -0.25) is 9.59 Å². The molecule has 0 aliphatic heterocycles. The van der Waals surface area contributed by atoms with Gasteiger partial charge in [0.25, 0.3) is 0 Å². The fourth-order valence-electron chi connectivity index (χ4n) is 4.00. The van der Waals surface area contributed by atoms with Gasteiger partial charge in [-0.1, -0.05) is 19.3 Å². The molecule has 0 saturated heterocycles. The van der Waals surface area contributed by atoms with Crippen molar-refractivity contribution in [3.8, 4) is 0 Å². The Morgan fingerprint density at radius 3 is 2.12 bits per heavy atom. The van der Waals surface area contributed by atoms with Crippen LogP contribution in [0.25, 0.3) is 0 Å². The van der Waals surface area contributed by atoms with Crippen molar-refractivity contribution in [1.29, 1.82) is 0 Å². The van der Waals surface area contributed by atoms with Gasteiger partial charge >= 0.3 is 0 Å². The lowest BCUT2D eigenvalue weighted by Crippen LogP contribution is -2.23. The first-order valence-electron chi connectivity index (χ1n) is 9.56. The second kappa shape index (κ2) is 9.93. The highest BCUT2D eigenvalue weighted by Crippen LogP contribution is 2.27. The number of benzene rings is 1. The minimum atomic E-state index is 0. The smallest absolute Gasteiger partial charge is 0.227 e. The average molecular weight is 380 g/mol. The number of halogens is 1. The highest BCUT2D eigenvalue weighted by Gasteiger charge is 2.27. The van der Waals surface area contributed by atoms with Gasteiger partial charge in [-0.05, 0) is 62.3 Å². The first-order chi connectivity index (χ1) is 12.1. The molecular formula is C20H30ClN3O2. The van der Waals surface area contributed by atoms with Crippen LogP contribution in [0.2, 0.25) is 0 Å². The lowest BCUT2D eigenvalue weighted by atomic mass is 9.87. The first kappa shape index (κ1) is 20.7. The predicted octanol–water partition coefficient (Wildman–Crippen LogP) is 4.08. The molecule has 26 heavy (non-hydrogen) atoms. The number of rotatable bonds is 5. The first-order valence-corrected chi connectivity index (χ1v) is 9.56. The van der Waals surface area contributed by atoms with Gasteiger partial charge in [0, 0.05) is 29.8 Å². The highest BCUT2D eigenvalue weighted by atomic mass is 35.5. The van der Waals surface area contributed by atoms with E-state index in [1.54, 1.807) is 0 Å². The zero-order chi connectivity index (χ0) is 17.6. The summed E-state index contributed by atoms with van der Waals surface area (Å²) in [6.07, 6.45) is 9.30. The van der Waals surface area contributed by atoms with Crippen molar-refractivity contribution in [2.75, 3.05) is 10.6 Å². The van der Waals surface area contributed by atoms with Crippen LogP contribution in [0, 0.1) is 11.8 Å². The lowest BCUT2D eigenvalue weighted by Gasteiger charge is -2.20. The molecule has 2 aliphatic carbocycles. The summed E-state index contributed by atoms with van der Waals surface area (Å²) in [6, 6.07) is 7.51. The number of anilines is 2. The predicted molar refractivity (Wildman–Crippen MR) is 107 cm³/mol. The highest BCUT2D eigenvalue weighted by molar-refractivity contribution is 5.94. The molecule has 2 saturated carbocycles. The topological polar surface area (TPSA) is 84.2 Å². The van der Waals surface area contributed by atoms with E-state index >= 15 is 0 Å². The van der Waals surface area contributed by atoms with Gasteiger partial charge in [-0.15, -0.1) is 12.4 Å². The van der Waals surface area contributed by atoms with E-state index in [2.05, 4.69) is 10.6 Å². The van der Waals surface area contributed by atoms with Crippen molar-refractivity contribution in [3.05, 3.63) is 24.3 Å². The van der Waals surface area contributed by atoms with Crippen molar-refractivity contribution in [3.63, 3.8) is 0 Å². The molecular weight excluding hydrogens is 350 g/mol. The van der Waals surface area contributed by atoms with Gasteiger partial charge in [0.1, 0.15) is 0 Å². The molecule has 0 heterocycles. The van der Waals surface area contributed by atoms with Crippen LogP contribution < -0.4 is 16.4 Å². The van der Waals surface area contributed by atoms with Crippen LogP contribution in [0.4, 0.5) is 11.4 Å². The molecule has 1 aromatic rings. The fourth-order valence-corrected chi connectivity index (χ4v) is 4.00. The van der Waals surface area contributed by atoms with Crippen LogP contribution >= 0.6 is 12.4 Å². The van der Waals surface area contributed by atoms with Crippen molar-refractivity contribution in [2.24, 2.45) is 17.6 Å². The van der Waals surface area contributed by atoms with Crippen LogP contribution in [-0.2, 0) is 9.59 Å². The molecule has 0 aromatic heterocycles. The van der Waals surface area contributed by atoms with Crippen molar-refractivity contribution >= 4 is 35.6 Å². The number of nitrogens with one attached hydrogen (secondary N) is 2. The van der Waals surface area contributed by atoms with E-state index in [0.717, 1.165) is 30.6 Å². The minimum absolute atomic E-state index is 0. The molecule has 144 valence electrons. The number of nitrogens with two attached hydrogens (primary N) is 1. The molecule has 0 unspecified atom stereocenters. The fraction of sp³-hybridized carbons (Fsp3) is 0.600. The van der Waals surface area contributed by atoms with Crippen LogP contribution in [-0.4, -0.2) is 17.9 Å². The third-order valence-electron chi connectivity index (χ3n) is 5.48. The molecule has 2 atom stereocenters. The Labute approximate surface area is 161 Å². The van der Waals surface area contributed by atoms with E-state index in [1.807, 2.05) is 24.3 Å². The molecule has 6 heteroatoms. The molecule has 0 radical (unpaired) electrons. The van der Waals surface area contributed by atoms with Crippen molar-refractivity contribution < 1.29 is 9.59 Å². The normalized spacial score (nSPS) is 23.1. The summed E-state index contributed by atoms with van der Waals surface area (Å²) in [5.74, 6) is 0.681. The van der Waals surface area contributed by atoms with Gasteiger partial charge in [0.15, 0.2) is 0 Å². The number of carbonyl (C=O) groups is 2. The number of hydrogen-bond donors (Lipinski definition) is 3. The summed E-state index contributed by atoms with van der Waals surface area (Å²) >= 11 is 0. The summed E-state index contributed by atoms with van der Waals surface area (Å²) in [5, 5.41) is 5.91. The van der Waals surface area contributed by atoms with E-state index in [-0.39, 0.29) is 36.2 Å². The zero-order valence-corrected chi connectivity index (χ0v) is 16.0. The largest absolute Gasteiger partial charge is 0.328 e. The maximum atomic E-state index is 12.2. The quantitative estimate of drug-likeness (QED) is 0.720. The lowest BCUT2D eigenvalue weighted by molar-refractivity contribution is -0.120. The van der Waals surface area contributed by atoms with E-state index in [0.29, 0.717) is 12.3 Å². The SMILES string of the molecule is Cl.N[C@H]1CC[C@@H](C(=O)Nc2ccc(NC(=O)CC3CCCCC3)cc2)C1. The van der Waals surface area contributed by atoms with Gasteiger partial charge in [-0.25, -0.2) is 0 Å². The Kier molecular flexibility index (Phi) is 7.91. The second-order valence-corrected chi connectivity index (χ2v) is 7.59. The maximum absolute atomic E-state index is 12.2. The zero-order valence-electron chi connectivity index (χ0n) is 15.2. The molecule has 2 aliphatic rings. The third kappa shape index (κ3) is 5.99. The van der Waals surface area contributed by atoms with Crippen LogP contribution in [0.15, 0.2) is 24.3 Å². The molecule has 1 aromatic carbocycles. The van der Waals surface area contributed by atoms with E-state index < -0.39 is 0 Å². The summed E-state index contributed by atoms with van der Waals surface area (Å²) in [6.45, 7) is 0. The molecule has 5 nitrogen and oxygen atoms in total. The number of amides is 2. The Hall–Kier alpha value is -1.59. The van der Waals surface area contributed by atoms with E-state index in [1.165, 1.54) is 32.1 Å². The van der Waals surface area contributed by atoms with Crippen molar-refractivity contribution in [1.82, 2.24) is 0 Å². The summed E-state index contributed by atoms with van der Waals surface area (Å²) < 4.78 is 0. The van der Waals surface area contributed by atoms with Crippen LogP contribution in [0.3, 0.4) is 0 Å². The van der Waals surface area contributed by atoms with E-state index in [9.17, 15) is 9.59 Å². The Balaban J connectivity index is 0.00000243. The van der Waals surface area contributed by atoms with Crippen molar-refractivity contribution in [2.45, 2.75) is 63.8 Å². The third-order valence-corrected chi connectivity index (χ3v) is 5.48. The number of carbonyl (C=O) groups excluding carboxylic acids is 2. The van der Waals surface area contributed by atoms with Crippen LogP contribution in [0.5, 0.6) is 0 Å². The van der Waals surface area contributed by atoms with Gasteiger partial charge in [0.05, 0.1) is 0 Å². The molecule has 0 bridgehead atoms. The van der Waals surface area contributed by atoms with E-state index in [4.69, 9.17) is 5.73 Å². The monoisotopic (exact) mass is 379 g/mol.